The SMILES string of the molecule is Cn1nc(N2CCC(Oc3cccc4c3ccn4C3CCOC3)CC2)ccc1=O. The Hall–Kier alpha value is -2.80. The average Bonchev–Trinajstić information content (AvgIpc) is 3.41. The minimum absolute atomic E-state index is 0.0869. The van der Waals surface area contributed by atoms with E-state index in [4.69, 9.17) is 9.47 Å². The summed E-state index contributed by atoms with van der Waals surface area (Å²) in [6.07, 6.45) is 5.26. The van der Waals surface area contributed by atoms with Crippen molar-refractivity contribution < 1.29 is 9.47 Å². The first-order valence-corrected chi connectivity index (χ1v) is 10.3. The fourth-order valence-electron chi connectivity index (χ4n) is 4.36. The highest BCUT2D eigenvalue weighted by molar-refractivity contribution is 5.86. The third-order valence-corrected chi connectivity index (χ3v) is 6.03. The van der Waals surface area contributed by atoms with E-state index in [9.17, 15) is 4.79 Å². The molecule has 7 nitrogen and oxygen atoms in total. The van der Waals surface area contributed by atoms with Crippen molar-refractivity contribution >= 4 is 16.7 Å². The number of hydrogen-bond acceptors (Lipinski definition) is 5. The summed E-state index contributed by atoms with van der Waals surface area (Å²) in [5, 5.41) is 5.53. The van der Waals surface area contributed by atoms with Gasteiger partial charge in [0.15, 0.2) is 0 Å². The summed E-state index contributed by atoms with van der Waals surface area (Å²) in [6, 6.07) is 12.3. The molecule has 1 aromatic carbocycles. The minimum Gasteiger partial charge on any atom is -0.490 e. The van der Waals surface area contributed by atoms with Crippen LogP contribution in [0.5, 0.6) is 5.75 Å². The summed E-state index contributed by atoms with van der Waals surface area (Å²) < 4.78 is 15.7. The van der Waals surface area contributed by atoms with Crippen LogP contribution in [0.1, 0.15) is 25.3 Å². The summed E-state index contributed by atoms with van der Waals surface area (Å²) in [6.45, 7) is 3.36. The number of rotatable bonds is 4. The van der Waals surface area contributed by atoms with Crippen LogP contribution in [-0.4, -0.2) is 46.8 Å². The van der Waals surface area contributed by atoms with Crippen LogP contribution in [0.4, 0.5) is 5.82 Å². The van der Waals surface area contributed by atoms with Gasteiger partial charge >= 0.3 is 0 Å². The number of nitrogens with zero attached hydrogens (tertiary/aromatic N) is 4. The quantitative estimate of drug-likeness (QED) is 0.681. The van der Waals surface area contributed by atoms with Gasteiger partial charge in [0.25, 0.3) is 5.56 Å². The molecule has 0 bridgehead atoms. The van der Waals surface area contributed by atoms with Crippen molar-refractivity contribution in [3.63, 3.8) is 0 Å². The van der Waals surface area contributed by atoms with Gasteiger partial charge in [-0.1, -0.05) is 6.07 Å². The second-order valence-electron chi connectivity index (χ2n) is 7.89. The molecule has 2 aromatic heterocycles. The Balaban J connectivity index is 1.28. The fourth-order valence-corrected chi connectivity index (χ4v) is 4.36. The smallest absolute Gasteiger partial charge is 0.266 e. The first-order chi connectivity index (χ1) is 14.2. The van der Waals surface area contributed by atoms with E-state index < -0.39 is 0 Å². The molecule has 29 heavy (non-hydrogen) atoms. The Morgan fingerprint density at radius 1 is 1.10 bits per heavy atom. The maximum Gasteiger partial charge on any atom is 0.266 e. The summed E-state index contributed by atoms with van der Waals surface area (Å²) in [4.78, 5) is 13.8. The Morgan fingerprint density at radius 3 is 2.72 bits per heavy atom. The zero-order valence-corrected chi connectivity index (χ0v) is 16.7. The van der Waals surface area contributed by atoms with Crippen LogP contribution in [0.2, 0.25) is 0 Å². The van der Waals surface area contributed by atoms with E-state index >= 15 is 0 Å². The van der Waals surface area contributed by atoms with E-state index in [1.54, 1.807) is 19.2 Å². The number of aryl methyl sites for hydroxylation is 1. The van der Waals surface area contributed by atoms with Gasteiger partial charge in [-0.3, -0.25) is 4.79 Å². The molecule has 1 atom stereocenters. The monoisotopic (exact) mass is 394 g/mol. The third kappa shape index (κ3) is 3.51. The largest absolute Gasteiger partial charge is 0.490 e. The predicted octanol–water partition coefficient (Wildman–Crippen LogP) is 2.74. The Morgan fingerprint density at radius 2 is 1.97 bits per heavy atom. The van der Waals surface area contributed by atoms with Crippen LogP contribution in [-0.2, 0) is 11.8 Å². The van der Waals surface area contributed by atoms with Crippen molar-refractivity contribution in [3.8, 4) is 5.75 Å². The standard InChI is InChI=1S/C22H26N4O3/c1-24-22(27)6-5-21(23-24)25-11-7-17(8-12-25)29-20-4-2-3-19-18(20)9-13-26(19)16-10-14-28-15-16/h2-6,9,13,16-17H,7-8,10-12,14-15H2,1H3. The van der Waals surface area contributed by atoms with E-state index in [1.165, 1.54) is 15.6 Å². The molecule has 0 saturated carbocycles. The van der Waals surface area contributed by atoms with E-state index in [0.29, 0.717) is 6.04 Å². The topological polar surface area (TPSA) is 61.5 Å². The first-order valence-electron chi connectivity index (χ1n) is 10.3. The van der Waals surface area contributed by atoms with Crippen LogP contribution in [0, 0.1) is 0 Å². The number of ether oxygens (including phenoxy) is 2. The summed E-state index contributed by atoms with van der Waals surface area (Å²) in [7, 11) is 1.69. The van der Waals surface area contributed by atoms with Gasteiger partial charge in [0.1, 0.15) is 17.7 Å². The van der Waals surface area contributed by atoms with Gasteiger partial charge in [-0.2, -0.15) is 5.10 Å². The van der Waals surface area contributed by atoms with Crippen molar-refractivity contribution in [2.24, 2.45) is 7.05 Å². The fraction of sp³-hybridized carbons (Fsp3) is 0.455. The maximum absolute atomic E-state index is 11.6. The molecule has 2 aliphatic rings. The van der Waals surface area contributed by atoms with Crippen molar-refractivity contribution in [1.29, 1.82) is 0 Å². The van der Waals surface area contributed by atoms with Gasteiger partial charge < -0.3 is 18.9 Å². The van der Waals surface area contributed by atoms with Crippen LogP contribution in [0.15, 0.2) is 47.4 Å². The van der Waals surface area contributed by atoms with Gasteiger partial charge in [-0.05, 0) is 30.7 Å². The second kappa shape index (κ2) is 7.55. The second-order valence-corrected chi connectivity index (χ2v) is 7.89. The Bertz CT molecular complexity index is 1060. The summed E-state index contributed by atoms with van der Waals surface area (Å²) >= 11 is 0. The highest BCUT2D eigenvalue weighted by Gasteiger charge is 2.24. The van der Waals surface area contributed by atoms with Crippen molar-refractivity contribution in [3.05, 3.63) is 52.9 Å². The van der Waals surface area contributed by atoms with E-state index in [1.807, 2.05) is 0 Å². The van der Waals surface area contributed by atoms with Gasteiger partial charge in [-0.25, -0.2) is 4.68 Å². The molecule has 4 heterocycles. The number of hydrogen-bond donors (Lipinski definition) is 0. The van der Waals surface area contributed by atoms with Crippen molar-refractivity contribution in [2.45, 2.75) is 31.4 Å². The van der Waals surface area contributed by atoms with Gasteiger partial charge in [0.2, 0.25) is 0 Å². The molecule has 5 rings (SSSR count). The number of fused-ring (bicyclic) bond motifs is 1. The summed E-state index contributed by atoms with van der Waals surface area (Å²) in [5.41, 5.74) is 1.13. The molecule has 0 radical (unpaired) electrons. The minimum atomic E-state index is -0.0869. The lowest BCUT2D eigenvalue weighted by molar-refractivity contribution is 0.173. The normalized spacial score (nSPS) is 20.4. The zero-order chi connectivity index (χ0) is 19.8. The van der Waals surface area contributed by atoms with Gasteiger partial charge in [-0.15, -0.1) is 0 Å². The zero-order valence-electron chi connectivity index (χ0n) is 16.7. The Labute approximate surface area is 169 Å². The maximum atomic E-state index is 11.6. The molecule has 2 saturated heterocycles. The van der Waals surface area contributed by atoms with Crippen LogP contribution in [0.3, 0.4) is 0 Å². The molecule has 2 fully saturated rings. The lowest BCUT2D eigenvalue weighted by Gasteiger charge is -2.33. The van der Waals surface area contributed by atoms with Crippen molar-refractivity contribution in [1.82, 2.24) is 14.3 Å². The number of aromatic nitrogens is 3. The highest BCUT2D eigenvalue weighted by atomic mass is 16.5. The van der Waals surface area contributed by atoms with Crippen LogP contribution in [0.25, 0.3) is 10.9 Å². The lowest BCUT2D eigenvalue weighted by Crippen LogP contribution is -2.39. The third-order valence-electron chi connectivity index (χ3n) is 6.03. The number of piperidine rings is 1. The number of benzene rings is 1. The Kier molecular flexibility index (Phi) is 4.75. The summed E-state index contributed by atoms with van der Waals surface area (Å²) in [5.74, 6) is 1.81. The predicted molar refractivity (Wildman–Crippen MR) is 112 cm³/mol. The van der Waals surface area contributed by atoms with Gasteiger partial charge in [0.05, 0.1) is 18.2 Å². The highest BCUT2D eigenvalue weighted by Crippen LogP contribution is 2.32. The molecule has 0 spiro atoms. The molecular weight excluding hydrogens is 368 g/mol. The van der Waals surface area contributed by atoms with E-state index in [2.05, 4.69) is 45.0 Å². The molecule has 3 aromatic rings. The average molecular weight is 394 g/mol. The molecular formula is C22H26N4O3. The molecule has 0 amide bonds. The van der Waals surface area contributed by atoms with Gasteiger partial charge in [0, 0.05) is 57.2 Å². The molecule has 7 heteroatoms. The number of anilines is 1. The van der Waals surface area contributed by atoms with E-state index in [-0.39, 0.29) is 11.7 Å². The molecule has 1 unspecified atom stereocenters. The molecule has 0 N–H and O–H groups in total. The van der Waals surface area contributed by atoms with Crippen molar-refractivity contribution in [2.75, 3.05) is 31.2 Å². The lowest BCUT2D eigenvalue weighted by atomic mass is 10.1. The molecule has 2 aliphatic heterocycles. The van der Waals surface area contributed by atoms with Crippen LogP contribution < -0.4 is 15.2 Å². The molecule has 152 valence electrons. The first kappa shape index (κ1) is 18.2. The van der Waals surface area contributed by atoms with E-state index in [0.717, 1.165) is 57.1 Å². The van der Waals surface area contributed by atoms with Crippen LogP contribution >= 0.6 is 0 Å². The molecule has 0 aliphatic carbocycles.